The predicted molar refractivity (Wildman–Crippen MR) is 122 cm³/mol. The van der Waals surface area contributed by atoms with Crippen molar-refractivity contribution < 1.29 is 9.59 Å². The van der Waals surface area contributed by atoms with E-state index in [4.69, 9.17) is 0 Å². The minimum Gasteiger partial charge on any atom is -0.365 e. The molecule has 3 rings (SSSR count). The van der Waals surface area contributed by atoms with Crippen LogP contribution in [-0.2, 0) is 16.1 Å². The zero-order valence-electron chi connectivity index (χ0n) is 18.6. The predicted octanol–water partition coefficient (Wildman–Crippen LogP) is 5.10. The lowest BCUT2D eigenvalue weighted by molar-refractivity contribution is -0.137. The van der Waals surface area contributed by atoms with E-state index in [2.05, 4.69) is 13.0 Å². The summed E-state index contributed by atoms with van der Waals surface area (Å²) in [6, 6.07) is 16.1. The van der Waals surface area contributed by atoms with E-state index < -0.39 is 0 Å². The fraction of sp³-hybridized carbons (Fsp3) is 0.385. The van der Waals surface area contributed by atoms with E-state index in [1.54, 1.807) is 0 Å². The molecule has 4 heteroatoms. The molecule has 2 aromatic rings. The zero-order chi connectivity index (χ0) is 21.7. The molecular formula is C26H32N2O2. The summed E-state index contributed by atoms with van der Waals surface area (Å²) in [5.74, 6) is -0.344. The Morgan fingerprint density at radius 3 is 2.30 bits per heavy atom. The van der Waals surface area contributed by atoms with E-state index in [0.29, 0.717) is 24.4 Å². The van der Waals surface area contributed by atoms with Gasteiger partial charge in [0.05, 0.1) is 5.57 Å². The van der Waals surface area contributed by atoms with Crippen molar-refractivity contribution in [3.8, 4) is 0 Å². The number of rotatable bonds is 9. The first kappa shape index (κ1) is 21.8. The summed E-state index contributed by atoms with van der Waals surface area (Å²) in [7, 11) is 1.90. The molecular weight excluding hydrogens is 372 g/mol. The first-order chi connectivity index (χ1) is 14.4. The Labute approximate surface area is 180 Å². The number of imide groups is 1. The molecule has 0 saturated carbocycles. The van der Waals surface area contributed by atoms with Gasteiger partial charge in [-0.05, 0) is 37.0 Å². The highest BCUT2D eigenvalue weighted by Crippen LogP contribution is 2.34. The highest BCUT2D eigenvalue weighted by atomic mass is 16.2. The Bertz CT molecular complexity index is 947. The normalized spacial score (nSPS) is 14.1. The molecule has 0 unspecified atom stereocenters. The number of nitrogens with zero attached hydrogens (tertiary/aromatic N) is 2. The van der Waals surface area contributed by atoms with Crippen molar-refractivity contribution in [1.29, 1.82) is 0 Å². The van der Waals surface area contributed by atoms with Gasteiger partial charge in [0.1, 0.15) is 5.70 Å². The van der Waals surface area contributed by atoms with E-state index in [9.17, 15) is 9.59 Å². The molecule has 0 N–H and O–H groups in total. The van der Waals surface area contributed by atoms with Crippen molar-refractivity contribution in [3.05, 3.63) is 76.5 Å². The molecule has 1 aliphatic heterocycles. The topological polar surface area (TPSA) is 40.6 Å². The van der Waals surface area contributed by atoms with Crippen LogP contribution in [0.25, 0.3) is 5.57 Å². The smallest absolute Gasteiger partial charge is 0.277 e. The van der Waals surface area contributed by atoms with E-state index in [1.807, 2.05) is 68.3 Å². The quantitative estimate of drug-likeness (QED) is 0.431. The number of hydrogen-bond donors (Lipinski definition) is 0. The fourth-order valence-corrected chi connectivity index (χ4v) is 4.09. The summed E-state index contributed by atoms with van der Waals surface area (Å²) >= 11 is 0. The van der Waals surface area contributed by atoms with Gasteiger partial charge < -0.3 is 4.90 Å². The fourth-order valence-electron chi connectivity index (χ4n) is 4.09. The van der Waals surface area contributed by atoms with Gasteiger partial charge in [-0.1, -0.05) is 80.3 Å². The Hall–Kier alpha value is -2.88. The van der Waals surface area contributed by atoms with Gasteiger partial charge in [-0.2, -0.15) is 0 Å². The van der Waals surface area contributed by atoms with Gasteiger partial charge >= 0.3 is 0 Å². The molecule has 0 spiro atoms. The van der Waals surface area contributed by atoms with Crippen LogP contribution >= 0.6 is 0 Å². The van der Waals surface area contributed by atoms with Crippen LogP contribution in [0, 0.1) is 13.8 Å². The second-order valence-corrected chi connectivity index (χ2v) is 8.21. The van der Waals surface area contributed by atoms with Crippen molar-refractivity contribution >= 4 is 17.4 Å². The van der Waals surface area contributed by atoms with E-state index in [-0.39, 0.29) is 11.8 Å². The molecule has 158 valence electrons. The monoisotopic (exact) mass is 404 g/mol. The molecule has 0 fully saturated rings. The summed E-state index contributed by atoms with van der Waals surface area (Å²) in [5, 5.41) is 0. The van der Waals surface area contributed by atoms with E-state index in [0.717, 1.165) is 47.9 Å². The second kappa shape index (κ2) is 9.75. The highest BCUT2D eigenvalue weighted by Gasteiger charge is 2.40. The van der Waals surface area contributed by atoms with Crippen LogP contribution in [0.5, 0.6) is 0 Å². The molecule has 0 bridgehead atoms. The Morgan fingerprint density at radius 1 is 0.900 bits per heavy atom. The first-order valence-corrected chi connectivity index (χ1v) is 10.9. The number of carbonyl (C=O) groups excluding carboxylic acids is 2. The van der Waals surface area contributed by atoms with Crippen LogP contribution in [0.1, 0.15) is 54.9 Å². The lowest BCUT2D eigenvalue weighted by atomic mass is 9.97. The third kappa shape index (κ3) is 4.64. The first-order valence-electron chi connectivity index (χ1n) is 10.9. The molecule has 1 aliphatic rings. The summed E-state index contributed by atoms with van der Waals surface area (Å²) in [5.41, 5.74) is 5.16. The number of amides is 2. The van der Waals surface area contributed by atoms with Gasteiger partial charge in [0, 0.05) is 20.1 Å². The molecule has 0 saturated heterocycles. The maximum atomic E-state index is 13.4. The van der Waals surface area contributed by atoms with Crippen LogP contribution in [0.2, 0.25) is 0 Å². The molecule has 1 heterocycles. The van der Waals surface area contributed by atoms with Crippen LogP contribution < -0.4 is 0 Å². The molecule has 4 nitrogen and oxygen atoms in total. The van der Waals surface area contributed by atoms with Crippen molar-refractivity contribution in [2.45, 2.75) is 53.0 Å². The van der Waals surface area contributed by atoms with E-state index in [1.165, 1.54) is 4.90 Å². The standard InChI is InChI=1S/C26H32N2O2/c1-5-6-7-11-16-28-25(29)23(22-15-14-19(2)17-20(22)3)24(26(28)30)27(4)18-21-12-9-8-10-13-21/h8-10,12-15,17H,5-7,11,16,18H2,1-4H3. The third-order valence-corrected chi connectivity index (χ3v) is 5.67. The number of benzene rings is 2. The van der Waals surface area contributed by atoms with Gasteiger partial charge in [-0.3, -0.25) is 14.5 Å². The maximum absolute atomic E-state index is 13.4. The van der Waals surface area contributed by atoms with Gasteiger partial charge in [-0.25, -0.2) is 0 Å². The average molecular weight is 405 g/mol. The van der Waals surface area contributed by atoms with E-state index >= 15 is 0 Å². The van der Waals surface area contributed by atoms with Gasteiger partial charge in [-0.15, -0.1) is 0 Å². The summed E-state index contributed by atoms with van der Waals surface area (Å²) in [4.78, 5) is 30.2. The minimum absolute atomic E-state index is 0.168. The molecule has 0 atom stereocenters. The number of hydrogen-bond acceptors (Lipinski definition) is 3. The van der Waals surface area contributed by atoms with Crippen molar-refractivity contribution in [2.24, 2.45) is 0 Å². The zero-order valence-corrected chi connectivity index (χ0v) is 18.6. The maximum Gasteiger partial charge on any atom is 0.277 e. The summed E-state index contributed by atoms with van der Waals surface area (Å²) in [6.07, 6.45) is 4.12. The van der Waals surface area contributed by atoms with Crippen LogP contribution in [0.3, 0.4) is 0 Å². The molecule has 0 aliphatic carbocycles. The SMILES string of the molecule is CCCCCCN1C(=O)C(c2ccc(C)cc2C)=C(N(C)Cc2ccccc2)C1=O. The summed E-state index contributed by atoms with van der Waals surface area (Å²) in [6.45, 7) is 7.26. The Balaban J connectivity index is 1.97. The molecule has 0 aromatic heterocycles. The van der Waals surface area contributed by atoms with Gasteiger partial charge in [0.2, 0.25) is 0 Å². The van der Waals surface area contributed by atoms with Gasteiger partial charge in [0.15, 0.2) is 0 Å². The lowest BCUT2D eigenvalue weighted by Gasteiger charge is -2.22. The van der Waals surface area contributed by atoms with Crippen LogP contribution in [-0.4, -0.2) is 35.2 Å². The molecule has 0 radical (unpaired) electrons. The van der Waals surface area contributed by atoms with Crippen molar-refractivity contribution in [3.63, 3.8) is 0 Å². The van der Waals surface area contributed by atoms with Gasteiger partial charge in [0.25, 0.3) is 11.8 Å². The van der Waals surface area contributed by atoms with Crippen molar-refractivity contribution in [2.75, 3.05) is 13.6 Å². The minimum atomic E-state index is -0.176. The average Bonchev–Trinajstić information content (AvgIpc) is 2.96. The number of unbranched alkanes of at least 4 members (excludes halogenated alkanes) is 3. The van der Waals surface area contributed by atoms with Crippen LogP contribution in [0.4, 0.5) is 0 Å². The van der Waals surface area contributed by atoms with Crippen LogP contribution in [0.15, 0.2) is 54.2 Å². The second-order valence-electron chi connectivity index (χ2n) is 8.21. The molecule has 2 aromatic carbocycles. The Morgan fingerprint density at radius 2 is 1.63 bits per heavy atom. The molecule has 30 heavy (non-hydrogen) atoms. The number of aryl methyl sites for hydroxylation is 2. The summed E-state index contributed by atoms with van der Waals surface area (Å²) < 4.78 is 0. The number of likely N-dealkylation sites (N-methyl/N-ethyl adjacent to an activating group) is 1. The Kier molecular flexibility index (Phi) is 7.09. The van der Waals surface area contributed by atoms with Crippen molar-refractivity contribution in [1.82, 2.24) is 9.80 Å². The number of carbonyl (C=O) groups is 2. The lowest BCUT2D eigenvalue weighted by Crippen LogP contribution is -2.34. The highest BCUT2D eigenvalue weighted by molar-refractivity contribution is 6.35. The third-order valence-electron chi connectivity index (χ3n) is 5.67. The largest absolute Gasteiger partial charge is 0.365 e. The molecule has 2 amide bonds.